The smallest absolute Gasteiger partial charge is 0.276 e. The molecule has 0 spiro atoms. The summed E-state index contributed by atoms with van der Waals surface area (Å²) < 4.78 is 7.48. The lowest BCUT2D eigenvalue weighted by Gasteiger charge is -2.44. The Morgan fingerprint density at radius 1 is 1.10 bits per heavy atom. The molecule has 0 saturated heterocycles. The summed E-state index contributed by atoms with van der Waals surface area (Å²) in [6, 6.07) is 9.77. The second kappa shape index (κ2) is 7.29. The van der Waals surface area contributed by atoms with Gasteiger partial charge in [0.25, 0.3) is 5.91 Å². The summed E-state index contributed by atoms with van der Waals surface area (Å²) in [6.07, 6.45) is 7.12. The van der Waals surface area contributed by atoms with Gasteiger partial charge in [0.1, 0.15) is 11.2 Å². The van der Waals surface area contributed by atoms with E-state index in [0.29, 0.717) is 17.8 Å². The Kier molecular flexibility index (Phi) is 4.68. The molecule has 1 aromatic carbocycles. The van der Waals surface area contributed by atoms with Crippen LogP contribution in [0.2, 0.25) is 0 Å². The first-order chi connectivity index (χ1) is 14.9. The number of aromatic nitrogens is 1. The summed E-state index contributed by atoms with van der Waals surface area (Å²) >= 11 is 0. The number of hydrogen-bond donors (Lipinski definition) is 1. The van der Waals surface area contributed by atoms with Crippen LogP contribution >= 0.6 is 0 Å². The zero-order valence-electron chi connectivity index (χ0n) is 18.4. The molecule has 6 heteroatoms. The molecule has 31 heavy (non-hydrogen) atoms. The fourth-order valence-electron chi connectivity index (χ4n) is 5.07. The maximum absolute atomic E-state index is 13.8. The molecule has 2 aromatic heterocycles. The van der Waals surface area contributed by atoms with E-state index in [-0.39, 0.29) is 17.9 Å². The first kappa shape index (κ1) is 19.9. The maximum atomic E-state index is 13.8. The Labute approximate surface area is 182 Å². The molecule has 0 bridgehead atoms. The molecule has 0 unspecified atom stereocenters. The molecule has 5 rings (SSSR count). The number of furan rings is 1. The summed E-state index contributed by atoms with van der Waals surface area (Å²) in [4.78, 5) is 29.2. The third-order valence-corrected chi connectivity index (χ3v) is 7.08. The second-order valence-corrected chi connectivity index (χ2v) is 9.28. The quantitative estimate of drug-likeness (QED) is 0.668. The van der Waals surface area contributed by atoms with Gasteiger partial charge in [0.15, 0.2) is 5.58 Å². The minimum absolute atomic E-state index is 0.0954. The Morgan fingerprint density at radius 2 is 1.87 bits per heavy atom. The number of hydrogen-bond acceptors (Lipinski definition) is 3. The van der Waals surface area contributed by atoms with Gasteiger partial charge in [0.2, 0.25) is 5.91 Å². The molecule has 0 radical (unpaired) electrons. The summed E-state index contributed by atoms with van der Waals surface area (Å²) in [5.74, 6) is -0.274. The van der Waals surface area contributed by atoms with E-state index < -0.39 is 5.54 Å². The number of amides is 2. The van der Waals surface area contributed by atoms with Crippen molar-refractivity contribution in [2.24, 2.45) is 0 Å². The van der Waals surface area contributed by atoms with Crippen molar-refractivity contribution in [2.45, 2.75) is 71.0 Å². The summed E-state index contributed by atoms with van der Waals surface area (Å²) in [7, 11) is 0. The molecular weight excluding hydrogens is 390 g/mol. The van der Waals surface area contributed by atoms with Crippen LogP contribution in [0.1, 0.15) is 60.6 Å². The third-order valence-electron chi connectivity index (χ3n) is 7.08. The van der Waals surface area contributed by atoms with Crippen LogP contribution in [-0.2, 0) is 11.3 Å². The maximum Gasteiger partial charge on any atom is 0.276 e. The summed E-state index contributed by atoms with van der Waals surface area (Å²) in [5.41, 5.74) is 4.01. The Hall–Kier alpha value is -3.02. The fraction of sp³-hybridized carbons (Fsp3) is 0.440. The second-order valence-electron chi connectivity index (χ2n) is 9.28. The highest BCUT2D eigenvalue weighted by atomic mass is 16.3. The van der Waals surface area contributed by atoms with Crippen molar-refractivity contribution in [1.29, 1.82) is 0 Å². The van der Waals surface area contributed by atoms with E-state index in [4.69, 9.17) is 4.42 Å². The van der Waals surface area contributed by atoms with Crippen molar-refractivity contribution in [3.05, 3.63) is 53.4 Å². The molecule has 1 saturated carbocycles. The Morgan fingerprint density at radius 3 is 2.61 bits per heavy atom. The van der Waals surface area contributed by atoms with Crippen LogP contribution in [0.4, 0.5) is 5.69 Å². The van der Waals surface area contributed by atoms with Gasteiger partial charge >= 0.3 is 0 Å². The number of carbonyl (C=O) groups is 2. The number of aryl methyl sites for hydroxylation is 2. The first-order valence-electron chi connectivity index (χ1n) is 11.2. The minimum Gasteiger partial charge on any atom is -0.463 e. The Bertz CT molecular complexity index is 1170. The molecule has 1 aliphatic heterocycles. The van der Waals surface area contributed by atoms with Crippen LogP contribution < -0.4 is 10.2 Å². The van der Waals surface area contributed by atoms with Gasteiger partial charge in [0.05, 0.1) is 18.3 Å². The first-order valence-corrected chi connectivity index (χ1v) is 11.2. The van der Waals surface area contributed by atoms with Gasteiger partial charge in [-0.15, -0.1) is 0 Å². The van der Waals surface area contributed by atoms with Crippen LogP contribution in [0.3, 0.4) is 0 Å². The summed E-state index contributed by atoms with van der Waals surface area (Å²) in [6.45, 7) is 6.34. The lowest BCUT2D eigenvalue weighted by Crippen LogP contribution is -2.65. The molecule has 3 aromatic rings. The predicted molar refractivity (Wildman–Crippen MR) is 120 cm³/mol. The average Bonchev–Trinajstić information content (AvgIpc) is 3.34. The van der Waals surface area contributed by atoms with Crippen LogP contribution in [-0.4, -0.2) is 28.0 Å². The Balaban J connectivity index is 1.61. The molecule has 1 atom stereocenters. The van der Waals surface area contributed by atoms with Crippen LogP contribution in [0.25, 0.3) is 11.1 Å². The van der Waals surface area contributed by atoms with Crippen molar-refractivity contribution >= 4 is 28.6 Å². The zero-order chi connectivity index (χ0) is 21.8. The van der Waals surface area contributed by atoms with Crippen LogP contribution in [0.5, 0.6) is 0 Å². The monoisotopic (exact) mass is 419 g/mol. The SMILES string of the molecule is Cc1ccc(N2C(=O)c3cc4occc4n3C[C@@]2(C)C(=O)NC2CCCCC2)cc1C. The predicted octanol–water partition coefficient (Wildman–Crippen LogP) is 4.72. The third kappa shape index (κ3) is 3.16. The highest BCUT2D eigenvalue weighted by Crippen LogP contribution is 2.37. The highest BCUT2D eigenvalue weighted by Gasteiger charge is 2.49. The van der Waals surface area contributed by atoms with Gasteiger partial charge in [-0.05, 0) is 56.9 Å². The van der Waals surface area contributed by atoms with E-state index in [1.54, 1.807) is 17.2 Å². The van der Waals surface area contributed by atoms with Gasteiger partial charge < -0.3 is 14.3 Å². The van der Waals surface area contributed by atoms with Crippen molar-refractivity contribution in [2.75, 3.05) is 4.90 Å². The number of nitrogens with zero attached hydrogens (tertiary/aromatic N) is 2. The number of nitrogens with one attached hydrogen (secondary N) is 1. The fourth-order valence-corrected chi connectivity index (χ4v) is 5.07. The van der Waals surface area contributed by atoms with Crippen molar-refractivity contribution in [1.82, 2.24) is 9.88 Å². The average molecular weight is 420 g/mol. The van der Waals surface area contributed by atoms with E-state index in [2.05, 4.69) is 5.32 Å². The van der Waals surface area contributed by atoms with Gasteiger partial charge in [-0.3, -0.25) is 14.5 Å². The molecule has 1 fully saturated rings. The highest BCUT2D eigenvalue weighted by molar-refractivity contribution is 6.13. The van der Waals surface area contributed by atoms with Crippen molar-refractivity contribution < 1.29 is 14.0 Å². The van der Waals surface area contributed by atoms with Gasteiger partial charge in [-0.25, -0.2) is 0 Å². The van der Waals surface area contributed by atoms with Crippen LogP contribution in [0.15, 0.2) is 41.0 Å². The number of fused-ring (bicyclic) bond motifs is 3. The van der Waals surface area contributed by atoms with E-state index in [0.717, 1.165) is 48.0 Å². The van der Waals surface area contributed by atoms with E-state index >= 15 is 0 Å². The zero-order valence-corrected chi connectivity index (χ0v) is 18.4. The van der Waals surface area contributed by atoms with Gasteiger partial charge in [-0.2, -0.15) is 0 Å². The van der Waals surface area contributed by atoms with Crippen LogP contribution in [0, 0.1) is 13.8 Å². The largest absolute Gasteiger partial charge is 0.463 e. The van der Waals surface area contributed by atoms with Crippen molar-refractivity contribution in [3.63, 3.8) is 0 Å². The molecule has 2 amide bonds. The summed E-state index contributed by atoms with van der Waals surface area (Å²) in [5, 5.41) is 3.27. The molecule has 1 aliphatic carbocycles. The van der Waals surface area contributed by atoms with E-state index in [1.807, 2.05) is 49.6 Å². The topological polar surface area (TPSA) is 67.5 Å². The minimum atomic E-state index is -1.05. The van der Waals surface area contributed by atoms with E-state index in [9.17, 15) is 9.59 Å². The van der Waals surface area contributed by atoms with Gasteiger partial charge in [0, 0.05) is 23.9 Å². The van der Waals surface area contributed by atoms with Gasteiger partial charge in [-0.1, -0.05) is 25.3 Å². The van der Waals surface area contributed by atoms with Crippen molar-refractivity contribution in [3.8, 4) is 0 Å². The lowest BCUT2D eigenvalue weighted by molar-refractivity contribution is -0.127. The standard InChI is InChI=1S/C25H29N3O3/c1-16-9-10-19(13-17(16)2)28-23(29)21-14-22-20(11-12-31-22)27(21)15-25(28,3)24(30)26-18-7-5-4-6-8-18/h9-14,18H,4-8,15H2,1-3H3,(H,26,30)/t25-/m0/s1. The molecular formula is C25H29N3O3. The number of anilines is 1. The lowest BCUT2D eigenvalue weighted by atomic mass is 9.90. The van der Waals surface area contributed by atoms with E-state index in [1.165, 1.54) is 6.42 Å². The number of carbonyl (C=O) groups excluding carboxylic acids is 2. The molecule has 162 valence electrons. The molecule has 2 aliphatic rings. The molecule has 3 heterocycles. The number of rotatable bonds is 3. The molecule has 1 N–H and O–H groups in total. The normalized spacial score (nSPS) is 22.0. The number of benzene rings is 1. The molecule has 6 nitrogen and oxygen atoms in total.